The summed E-state index contributed by atoms with van der Waals surface area (Å²) in [6.45, 7) is 0. The Labute approximate surface area is 127 Å². The third kappa shape index (κ3) is 2.29. The Kier molecular flexibility index (Phi) is 3.66. The number of nitrogens with two attached hydrogens (primary N) is 1. The summed E-state index contributed by atoms with van der Waals surface area (Å²) in [5.41, 5.74) is 8.30. The molecule has 0 saturated carbocycles. The second-order valence-corrected chi connectivity index (χ2v) is 5.47. The Morgan fingerprint density at radius 3 is 2.25 bits per heavy atom. The normalized spacial score (nSPS) is 12.6. The van der Waals surface area contributed by atoms with E-state index < -0.39 is 0 Å². The fourth-order valence-electron chi connectivity index (χ4n) is 2.45. The highest BCUT2D eigenvalue weighted by atomic mass is 35.5. The maximum atomic E-state index is 6.41. The average Bonchev–Trinajstić information content (AvgIpc) is 2.49. The molecule has 0 aromatic heterocycles. The summed E-state index contributed by atoms with van der Waals surface area (Å²) in [6, 6.07) is 19.5. The summed E-state index contributed by atoms with van der Waals surface area (Å²) in [5.74, 6) is 0. The summed E-state index contributed by atoms with van der Waals surface area (Å²) in [6.07, 6.45) is 0. The van der Waals surface area contributed by atoms with Crippen molar-refractivity contribution in [3.63, 3.8) is 0 Å². The van der Waals surface area contributed by atoms with Crippen LogP contribution in [0, 0.1) is 0 Å². The van der Waals surface area contributed by atoms with Gasteiger partial charge in [-0.3, -0.25) is 0 Å². The number of hydrogen-bond acceptors (Lipinski definition) is 1. The zero-order valence-electron chi connectivity index (χ0n) is 10.7. The Bertz CT molecular complexity index is 763. The van der Waals surface area contributed by atoms with Gasteiger partial charge in [-0.25, -0.2) is 0 Å². The lowest BCUT2D eigenvalue weighted by atomic mass is 9.94. The van der Waals surface area contributed by atoms with Gasteiger partial charge in [0.15, 0.2) is 0 Å². The molecule has 0 bridgehead atoms. The minimum atomic E-state index is -0.299. The van der Waals surface area contributed by atoms with Crippen LogP contribution < -0.4 is 5.73 Å². The van der Waals surface area contributed by atoms with Crippen molar-refractivity contribution in [2.75, 3.05) is 0 Å². The second kappa shape index (κ2) is 5.45. The molecule has 0 aliphatic carbocycles. The third-order valence-corrected chi connectivity index (χ3v) is 4.31. The molecule has 0 aliphatic rings. The topological polar surface area (TPSA) is 26.0 Å². The zero-order chi connectivity index (χ0) is 14.1. The highest BCUT2D eigenvalue weighted by Gasteiger charge is 2.16. The fourth-order valence-corrected chi connectivity index (χ4v) is 2.88. The van der Waals surface area contributed by atoms with Gasteiger partial charge in [0.2, 0.25) is 0 Å². The first-order chi connectivity index (χ1) is 9.68. The lowest BCUT2D eigenvalue weighted by Crippen LogP contribution is -2.13. The number of fused-ring (bicyclic) bond motifs is 1. The van der Waals surface area contributed by atoms with Crippen molar-refractivity contribution in [2.24, 2.45) is 5.73 Å². The van der Waals surface area contributed by atoms with Crippen molar-refractivity contribution in [1.82, 2.24) is 0 Å². The lowest BCUT2D eigenvalue weighted by Gasteiger charge is -2.17. The maximum Gasteiger partial charge on any atom is 0.0643 e. The Balaban J connectivity index is 2.18. The van der Waals surface area contributed by atoms with Crippen molar-refractivity contribution >= 4 is 34.0 Å². The van der Waals surface area contributed by atoms with E-state index in [9.17, 15) is 0 Å². The standard InChI is InChI=1S/C17H13Cl2N/c18-15-10-4-9-14(16(15)19)17(20)13-8-3-6-11-5-1-2-7-12(11)13/h1-10,17H,20H2. The van der Waals surface area contributed by atoms with Crippen LogP contribution in [0.25, 0.3) is 10.8 Å². The minimum Gasteiger partial charge on any atom is -0.320 e. The van der Waals surface area contributed by atoms with E-state index >= 15 is 0 Å². The second-order valence-electron chi connectivity index (χ2n) is 4.69. The van der Waals surface area contributed by atoms with E-state index in [1.807, 2.05) is 36.4 Å². The number of halogens is 2. The van der Waals surface area contributed by atoms with E-state index in [1.54, 1.807) is 6.07 Å². The summed E-state index contributed by atoms with van der Waals surface area (Å²) >= 11 is 12.4. The molecule has 3 heteroatoms. The van der Waals surface area contributed by atoms with Crippen LogP contribution in [0.15, 0.2) is 60.7 Å². The van der Waals surface area contributed by atoms with E-state index in [4.69, 9.17) is 28.9 Å². The number of hydrogen-bond donors (Lipinski definition) is 1. The van der Waals surface area contributed by atoms with Crippen LogP contribution in [-0.4, -0.2) is 0 Å². The van der Waals surface area contributed by atoms with Crippen LogP contribution in [0.5, 0.6) is 0 Å². The molecular weight excluding hydrogens is 289 g/mol. The average molecular weight is 302 g/mol. The van der Waals surface area contributed by atoms with Crippen LogP contribution in [0.1, 0.15) is 17.2 Å². The van der Waals surface area contributed by atoms with Gasteiger partial charge < -0.3 is 5.73 Å². The van der Waals surface area contributed by atoms with Gasteiger partial charge >= 0.3 is 0 Å². The number of rotatable bonds is 2. The van der Waals surface area contributed by atoms with Crippen molar-refractivity contribution in [3.8, 4) is 0 Å². The van der Waals surface area contributed by atoms with Crippen molar-refractivity contribution in [2.45, 2.75) is 6.04 Å². The highest BCUT2D eigenvalue weighted by molar-refractivity contribution is 6.42. The molecule has 0 aliphatic heterocycles. The molecule has 0 amide bonds. The SMILES string of the molecule is NC(c1cccc(Cl)c1Cl)c1cccc2ccccc12. The third-order valence-electron chi connectivity index (χ3n) is 3.47. The molecule has 0 radical (unpaired) electrons. The van der Waals surface area contributed by atoms with E-state index in [0.29, 0.717) is 10.0 Å². The molecule has 0 fully saturated rings. The van der Waals surface area contributed by atoms with Crippen LogP contribution in [0.4, 0.5) is 0 Å². The van der Waals surface area contributed by atoms with Gasteiger partial charge in [-0.05, 0) is 28.0 Å². The van der Waals surface area contributed by atoms with E-state index in [1.165, 1.54) is 5.39 Å². The van der Waals surface area contributed by atoms with Gasteiger partial charge in [0.1, 0.15) is 0 Å². The maximum absolute atomic E-state index is 6.41. The molecular formula is C17H13Cl2N. The molecule has 0 heterocycles. The van der Waals surface area contributed by atoms with Gasteiger partial charge in [-0.15, -0.1) is 0 Å². The van der Waals surface area contributed by atoms with Gasteiger partial charge in [-0.1, -0.05) is 77.8 Å². The molecule has 3 aromatic carbocycles. The molecule has 3 aromatic rings. The predicted molar refractivity (Wildman–Crippen MR) is 86.4 cm³/mol. The summed E-state index contributed by atoms with van der Waals surface area (Å²) < 4.78 is 0. The molecule has 0 spiro atoms. The summed E-state index contributed by atoms with van der Waals surface area (Å²) in [5, 5.41) is 3.35. The van der Waals surface area contributed by atoms with Gasteiger partial charge in [0.25, 0.3) is 0 Å². The van der Waals surface area contributed by atoms with E-state index in [2.05, 4.69) is 18.2 Å². The van der Waals surface area contributed by atoms with Crippen molar-refractivity contribution < 1.29 is 0 Å². The van der Waals surface area contributed by atoms with E-state index in [-0.39, 0.29) is 6.04 Å². The quantitative estimate of drug-likeness (QED) is 0.692. The Morgan fingerprint density at radius 1 is 0.750 bits per heavy atom. The van der Waals surface area contributed by atoms with Gasteiger partial charge in [0, 0.05) is 0 Å². The highest BCUT2D eigenvalue weighted by Crippen LogP contribution is 2.34. The molecule has 1 unspecified atom stereocenters. The minimum absolute atomic E-state index is 0.299. The first kappa shape index (κ1) is 13.4. The first-order valence-electron chi connectivity index (χ1n) is 6.35. The molecule has 100 valence electrons. The van der Waals surface area contributed by atoms with Crippen LogP contribution in [0.3, 0.4) is 0 Å². The van der Waals surface area contributed by atoms with E-state index in [0.717, 1.165) is 16.5 Å². The van der Waals surface area contributed by atoms with Crippen LogP contribution in [-0.2, 0) is 0 Å². The monoisotopic (exact) mass is 301 g/mol. The molecule has 20 heavy (non-hydrogen) atoms. The molecule has 0 saturated heterocycles. The Morgan fingerprint density at radius 2 is 1.40 bits per heavy atom. The summed E-state index contributed by atoms with van der Waals surface area (Å²) in [7, 11) is 0. The van der Waals surface area contributed by atoms with Crippen LogP contribution in [0.2, 0.25) is 10.0 Å². The molecule has 2 N–H and O–H groups in total. The van der Waals surface area contributed by atoms with Crippen molar-refractivity contribution in [1.29, 1.82) is 0 Å². The van der Waals surface area contributed by atoms with Gasteiger partial charge in [0.05, 0.1) is 16.1 Å². The summed E-state index contributed by atoms with van der Waals surface area (Å²) in [4.78, 5) is 0. The van der Waals surface area contributed by atoms with Crippen molar-refractivity contribution in [3.05, 3.63) is 81.8 Å². The van der Waals surface area contributed by atoms with Gasteiger partial charge in [-0.2, -0.15) is 0 Å². The smallest absolute Gasteiger partial charge is 0.0643 e. The predicted octanol–water partition coefficient (Wildman–Crippen LogP) is 5.19. The fraction of sp³-hybridized carbons (Fsp3) is 0.0588. The Hall–Kier alpha value is -1.54. The zero-order valence-corrected chi connectivity index (χ0v) is 12.2. The molecule has 1 nitrogen and oxygen atoms in total. The van der Waals surface area contributed by atoms with Crippen LogP contribution >= 0.6 is 23.2 Å². The lowest BCUT2D eigenvalue weighted by molar-refractivity contribution is 0.881. The molecule has 3 rings (SSSR count). The largest absolute Gasteiger partial charge is 0.320 e. The number of benzene rings is 3. The first-order valence-corrected chi connectivity index (χ1v) is 7.11. The molecule has 1 atom stereocenters.